The van der Waals surface area contributed by atoms with Crippen LogP contribution in [0.4, 0.5) is 10.1 Å². The Balaban J connectivity index is 2.27. The molecule has 114 valence electrons. The van der Waals surface area contributed by atoms with Crippen molar-refractivity contribution in [2.45, 2.75) is 25.0 Å². The second kappa shape index (κ2) is 6.01. The van der Waals surface area contributed by atoms with E-state index in [1.165, 1.54) is 0 Å². The van der Waals surface area contributed by atoms with Gasteiger partial charge in [-0.05, 0) is 18.6 Å². The molecule has 1 fully saturated rings. The van der Waals surface area contributed by atoms with Gasteiger partial charge in [-0.3, -0.25) is 14.9 Å². The van der Waals surface area contributed by atoms with Gasteiger partial charge in [0, 0.05) is 29.7 Å². The summed E-state index contributed by atoms with van der Waals surface area (Å²) < 4.78 is 13.4. The molecule has 0 spiro atoms. The number of amides is 1. The lowest BCUT2D eigenvalue weighted by molar-refractivity contribution is -0.385. The highest BCUT2D eigenvalue weighted by molar-refractivity contribution is 8.00. The molecule has 0 aliphatic carbocycles. The Morgan fingerprint density at radius 3 is 2.81 bits per heavy atom. The molecule has 0 radical (unpaired) electrons. The molecule has 7 heteroatoms. The summed E-state index contributed by atoms with van der Waals surface area (Å²) in [4.78, 5) is 24.4. The average Bonchev–Trinajstić information content (AvgIpc) is 2.58. The normalized spacial score (nSPS) is 18.1. The third-order valence-corrected chi connectivity index (χ3v) is 4.88. The SMILES string of the molecule is CC1(C)CCN(C(=O)c2cc(F)ccc2[N+](=O)[O-])CCS1. The lowest BCUT2D eigenvalue weighted by Crippen LogP contribution is -2.34. The van der Waals surface area contributed by atoms with Crippen LogP contribution in [0.25, 0.3) is 0 Å². The highest BCUT2D eigenvalue weighted by Gasteiger charge is 2.29. The van der Waals surface area contributed by atoms with Crippen LogP contribution in [0.15, 0.2) is 18.2 Å². The van der Waals surface area contributed by atoms with E-state index in [1.807, 2.05) is 0 Å². The number of rotatable bonds is 2. The van der Waals surface area contributed by atoms with Crippen molar-refractivity contribution in [1.82, 2.24) is 4.90 Å². The maximum Gasteiger partial charge on any atom is 0.282 e. The van der Waals surface area contributed by atoms with Crippen LogP contribution >= 0.6 is 11.8 Å². The summed E-state index contributed by atoms with van der Waals surface area (Å²) >= 11 is 1.77. The van der Waals surface area contributed by atoms with Gasteiger partial charge in [-0.1, -0.05) is 13.8 Å². The molecular formula is C14H17FN2O3S. The zero-order valence-corrected chi connectivity index (χ0v) is 12.8. The fraction of sp³-hybridized carbons (Fsp3) is 0.500. The Labute approximate surface area is 126 Å². The Kier molecular flexibility index (Phi) is 4.51. The molecular weight excluding hydrogens is 295 g/mol. The number of benzene rings is 1. The van der Waals surface area contributed by atoms with E-state index in [4.69, 9.17) is 0 Å². The molecule has 1 amide bonds. The van der Waals surface area contributed by atoms with Crippen molar-refractivity contribution in [1.29, 1.82) is 0 Å². The molecule has 0 aromatic heterocycles. The van der Waals surface area contributed by atoms with E-state index < -0.39 is 16.6 Å². The van der Waals surface area contributed by atoms with Crippen LogP contribution < -0.4 is 0 Å². The Hall–Kier alpha value is -1.63. The minimum absolute atomic E-state index is 0.0723. The average molecular weight is 312 g/mol. The van der Waals surface area contributed by atoms with Gasteiger partial charge in [0.25, 0.3) is 11.6 Å². The van der Waals surface area contributed by atoms with Crippen molar-refractivity contribution in [2.24, 2.45) is 0 Å². The van der Waals surface area contributed by atoms with Crippen molar-refractivity contribution in [3.8, 4) is 0 Å². The van der Waals surface area contributed by atoms with E-state index in [0.29, 0.717) is 13.1 Å². The lowest BCUT2D eigenvalue weighted by atomic mass is 10.1. The van der Waals surface area contributed by atoms with Gasteiger partial charge in [0.1, 0.15) is 11.4 Å². The minimum atomic E-state index is -0.650. The van der Waals surface area contributed by atoms with Crippen molar-refractivity contribution in [2.75, 3.05) is 18.8 Å². The summed E-state index contributed by atoms with van der Waals surface area (Å²) in [5.41, 5.74) is -0.526. The van der Waals surface area contributed by atoms with Gasteiger partial charge < -0.3 is 4.90 Å². The van der Waals surface area contributed by atoms with E-state index in [9.17, 15) is 19.3 Å². The predicted octanol–water partition coefficient (Wildman–Crippen LogP) is 3.09. The van der Waals surface area contributed by atoms with Crippen LogP contribution in [0.3, 0.4) is 0 Å². The largest absolute Gasteiger partial charge is 0.338 e. The summed E-state index contributed by atoms with van der Waals surface area (Å²) in [5.74, 6) is -0.352. The van der Waals surface area contributed by atoms with Gasteiger partial charge in [-0.2, -0.15) is 11.8 Å². The molecule has 1 aromatic rings. The number of nitrogens with zero attached hydrogens (tertiary/aromatic N) is 2. The van der Waals surface area contributed by atoms with Gasteiger partial charge in [0.2, 0.25) is 0 Å². The van der Waals surface area contributed by atoms with E-state index in [-0.39, 0.29) is 16.0 Å². The Bertz CT molecular complexity index is 577. The first-order valence-electron chi connectivity index (χ1n) is 6.67. The number of hydrogen-bond acceptors (Lipinski definition) is 4. The standard InChI is InChI=1S/C14H17FN2O3S/c1-14(2)5-6-16(7-8-21-14)13(18)11-9-10(15)3-4-12(11)17(19)20/h3-4,9H,5-8H2,1-2H3. The number of halogens is 1. The summed E-state index contributed by atoms with van der Waals surface area (Å²) in [6, 6.07) is 2.99. The van der Waals surface area contributed by atoms with E-state index >= 15 is 0 Å². The predicted molar refractivity (Wildman–Crippen MR) is 80.1 cm³/mol. The zero-order valence-electron chi connectivity index (χ0n) is 12.0. The number of nitro benzene ring substituents is 1. The van der Waals surface area contributed by atoms with Crippen molar-refractivity contribution in [3.05, 3.63) is 39.7 Å². The molecule has 1 aliphatic rings. The quantitative estimate of drug-likeness (QED) is 0.622. The van der Waals surface area contributed by atoms with Gasteiger partial charge in [-0.25, -0.2) is 4.39 Å². The second-order valence-electron chi connectivity index (χ2n) is 5.57. The Morgan fingerprint density at radius 2 is 2.14 bits per heavy atom. The molecule has 1 heterocycles. The van der Waals surface area contributed by atoms with Crippen molar-refractivity contribution >= 4 is 23.4 Å². The lowest BCUT2D eigenvalue weighted by Gasteiger charge is -2.22. The minimum Gasteiger partial charge on any atom is -0.338 e. The van der Waals surface area contributed by atoms with Crippen LogP contribution in [0.2, 0.25) is 0 Å². The van der Waals surface area contributed by atoms with Crippen LogP contribution in [0.5, 0.6) is 0 Å². The molecule has 0 saturated carbocycles. The first-order chi connectivity index (χ1) is 9.80. The number of hydrogen-bond donors (Lipinski definition) is 0. The summed E-state index contributed by atoms with van der Waals surface area (Å²) in [7, 11) is 0. The van der Waals surface area contributed by atoms with Gasteiger partial charge in [0.05, 0.1) is 4.92 Å². The molecule has 1 saturated heterocycles. The van der Waals surface area contributed by atoms with E-state index in [2.05, 4.69) is 13.8 Å². The van der Waals surface area contributed by atoms with Gasteiger partial charge in [0.15, 0.2) is 0 Å². The van der Waals surface area contributed by atoms with E-state index in [0.717, 1.165) is 30.4 Å². The molecule has 1 aliphatic heterocycles. The first-order valence-corrected chi connectivity index (χ1v) is 7.66. The fourth-order valence-electron chi connectivity index (χ4n) is 2.23. The first kappa shape index (κ1) is 15.8. The summed E-state index contributed by atoms with van der Waals surface area (Å²) in [5, 5.41) is 11.0. The topological polar surface area (TPSA) is 63.5 Å². The van der Waals surface area contributed by atoms with Crippen LogP contribution in [0.1, 0.15) is 30.6 Å². The maximum atomic E-state index is 13.3. The molecule has 0 N–H and O–H groups in total. The fourth-order valence-corrected chi connectivity index (χ4v) is 3.33. The smallest absolute Gasteiger partial charge is 0.282 e. The molecule has 2 rings (SSSR count). The maximum absolute atomic E-state index is 13.3. The number of nitro groups is 1. The third kappa shape index (κ3) is 3.72. The van der Waals surface area contributed by atoms with Crippen LogP contribution in [-0.2, 0) is 0 Å². The van der Waals surface area contributed by atoms with Crippen molar-refractivity contribution in [3.63, 3.8) is 0 Å². The summed E-state index contributed by atoms with van der Waals surface area (Å²) in [6.07, 6.45) is 0.798. The van der Waals surface area contributed by atoms with Crippen molar-refractivity contribution < 1.29 is 14.1 Å². The van der Waals surface area contributed by atoms with Gasteiger partial charge in [-0.15, -0.1) is 0 Å². The molecule has 5 nitrogen and oxygen atoms in total. The third-order valence-electron chi connectivity index (χ3n) is 3.51. The highest BCUT2D eigenvalue weighted by Crippen LogP contribution is 2.31. The number of carbonyl (C=O) groups is 1. The summed E-state index contributed by atoms with van der Waals surface area (Å²) in [6.45, 7) is 5.25. The number of thioether (sulfide) groups is 1. The molecule has 0 atom stereocenters. The van der Waals surface area contributed by atoms with E-state index in [1.54, 1.807) is 16.7 Å². The Morgan fingerprint density at radius 1 is 1.43 bits per heavy atom. The molecule has 21 heavy (non-hydrogen) atoms. The monoisotopic (exact) mass is 312 g/mol. The van der Waals surface area contributed by atoms with Crippen LogP contribution in [0, 0.1) is 15.9 Å². The number of carbonyl (C=O) groups excluding carboxylic acids is 1. The molecule has 0 bridgehead atoms. The van der Waals surface area contributed by atoms with Gasteiger partial charge >= 0.3 is 0 Å². The molecule has 0 unspecified atom stereocenters. The highest BCUT2D eigenvalue weighted by atomic mass is 32.2. The zero-order chi connectivity index (χ0) is 15.6. The molecule has 1 aromatic carbocycles. The van der Waals surface area contributed by atoms with Crippen LogP contribution in [-0.4, -0.2) is 39.3 Å². The second-order valence-corrected chi connectivity index (χ2v) is 7.37.